The van der Waals surface area contributed by atoms with Gasteiger partial charge in [0.2, 0.25) is 0 Å². The van der Waals surface area contributed by atoms with E-state index in [2.05, 4.69) is 0 Å². The van der Waals surface area contributed by atoms with Gasteiger partial charge in [-0.05, 0) is 77.8 Å². The second kappa shape index (κ2) is 9.44. The SMILES string of the molecule is [2H]c1cc(-c2c([2H])c([2H])c([2H])c3c(-c4c5c([2H])c([2H])c([2H])c([2H])c5c(-c5c([2H])c([2H])c([2H])c6oc7ccccc7c56)c5c([2H])c([2H])c([2H])c([2H])c45)c([2H])c([2H])c([2H])c23)c([2H])c([2H])c1[2H]. The maximum Gasteiger partial charge on any atom is 0.136 e. The number of benzene rings is 8. The third kappa shape index (κ3) is 3.58. The van der Waals surface area contributed by atoms with Gasteiger partial charge >= 0.3 is 0 Å². The summed E-state index contributed by atoms with van der Waals surface area (Å²) in [5.74, 6) is 0. The van der Waals surface area contributed by atoms with Crippen LogP contribution < -0.4 is 0 Å². The molecule has 0 N–H and O–H groups in total. The third-order valence-electron chi connectivity index (χ3n) is 7.40. The Hall–Kier alpha value is -5.66. The monoisotopic (exact) mass is 567 g/mol. The topological polar surface area (TPSA) is 13.1 Å². The van der Waals surface area contributed by atoms with Crippen molar-refractivity contribution in [2.24, 2.45) is 0 Å². The van der Waals surface area contributed by atoms with Crippen LogP contribution in [-0.2, 0) is 0 Å². The van der Waals surface area contributed by atoms with Crippen LogP contribution in [0.15, 0.2) is 162 Å². The summed E-state index contributed by atoms with van der Waals surface area (Å²) in [5, 5.41) is -2.96. The Labute approximate surface area is 278 Å². The van der Waals surface area contributed by atoms with E-state index in [0.717, 1.165) is 6.07 Å². The van der Waals surface area contributed by atoms with E-state index in [1.807, 2.05) is 0 Å². The molecule has 9 aromatic rings. The van der Waals surface area contributed by atoms with Crippen molar-refractivity contribution in [3.63, 3.8) is 0 Å². The molecule has 0 aliphatic carbocycles. The first kappa shape index (κ1) is 11.2. The predicted octanol–water partition coefficient (Wildman–Crippen LogP) is 12.0. The zero-order valence-electron chi connectivity index (χ0n) is 42.8. The van der Waals surface area contributed by atoms with Crippen molar-refractivity contribution in [2.45, 2.75) is 0 Å². The molecule has 8 aromatic carbocycles. The van der Waals surface area contributed by atoms with E-state index < -0.39 is 187 Å². The third-order valence-corrected chi connectivity index (χ3v) is 7.40. The van der Waals surface area contributed by atoms with Crippen molar-refractivity contribution in [3.8, 4) is 33.4 Å². The highest BCUT2D eigenvalue weighted by molar-refractivity contribution is 6.27. The first-order valence-electron chi connectivity index (χ1n) is 23.6. The van der Waals surface area contributed by atoms with Crippen LogP contribution in [0.25, 0.3) is 87.6 Å². The average Bonchev–Trinajstić information content (AvgIpc) is 3.66. The van der Waals surface area contributed by atoms with Gasteiger partial charge < -0.3 is 4.42 Å². The standard InChI is InChI=1S/C42H26O/c1-2-13-27(14-3-1)28-20-10-22-30-29(28)21-11-23-31(30)40-32-15-4-6-17-34(32)41(35-18-7-5-16-33(35)40)37-24-12-26-39-42(37)36-19-8-9-25-38(36)43-39/h1-26H/i1D,2D,3D,4D,5D,6D,7D,10D,11D,12D,13D,15D,16D,17D,18D,20D,21D,22D,23D,24D,26D. The molecule has 1 heteroatoms. The van der Waals surface area contributed by atoms with Gasteiger partial charge in [-0.3, -0.25) is 0 Å². The molecule has 0 aliphatic rings. The highest BCUT2D eigenvalue weighted by Gasteiger charge is 2.21. The van der Waals surface area contributed by atoms with Gasteiger partial charge in [-0.1, -0.05) is 145 Å². The molecule has 0 bridgehead atoms. The van der Waals surface area contributed by atoms with Crippen molar-refractivity contribution in [1.82, 2.24) is 0 Å². The number of furan rings is 1. The number of rotatable bonds is 3. The minimum absolute atomic E-state index is 0.00253. The van der Waals surface area contributed by atoms with Crippen LogP contribution in [0.5, 0.6) is 0 Å². The molecule has 1 nitrogen and oxygen atoms in total. The fraction of sp³-hybridized carbons (Fsp3) is 0. The van der Waals surface area contributed by atoms with E-state index >= 15 is 0 Å². The molecule has 0 atom stereocenters. The average molecular weight is 568 g/mol. The Morgan fingerprint density at radius 2 is 0.930 bits per heavy atom. The minimum atomic E-state index is -0.918. The molecule has 43 heavy (non-hydrogen) atoms. The highest BCUT2D eigenvalue weighted by Crippen LogP contribution is 2.48. The van der Waals surface area contributed by atoms with Gasteiger partial charge in [0.1, 0.15) is 11.2 Å². The van der Waals surface area contributed by atoms with Crippen molar-refractivity contribution in [1.29, 1.82) is 0 Å². The van der Waals surface area contributed by atoms with Crippen LogP contribution in [0.1, 0.15) is 28.8 Å². The van der Waals surface area contributed by atoms with E-state index in [9.17, 15) is 9.60 Å². The Kier molecular flexibility index (Phi) is 2.46. The maximum absolute atomic E-state index is 9.48. The van der Waals surface area contributed by atoms with E-state index in [-0.39, 0.29) is 27.5 Å². The summed E-state index contributed by atoms with van der Waals surface area (Å²) >= 11 is 0. The smallest absolute Gasteiger partial charge is 0.136 e. The van der Waals surface area contributed by atoms with Crippen LogP contribution in [-0.4, -0.2) is 0 Å². The molecule has 0 saturated carbocycles. The van der Waals surface area contributed by atoms with Crippen LogP contribution in [0.4, 0.5) is 0 Å². The van der Waals surface area contributed by atoms with Gasteiger partial charge in [0.15, 0.2) is 0 Å². The maximum atomic E-state index is 9.48. The fourth-order valence-corrected chi connectivity index (χ4v) is 5.65. The van der Waals surface area contributed by atoms with Crippen molar-refractivity contribution >= 4 is 54.3 Å². The van der Waals surface area contributed by atoms with E-state index in [1.165, 1.54) is 0 Å². The summed E-state index contributed by atoms with van der Waals surface area (Å²) in [6, 6.07) is -9.25. The fourth-order valence-electron chi connectivity index (χ4n) is 5.65. The molecule has 200 valence electrons. The Bertz CT molecular complexity index is 3610. The molecule has 0 fully saturated rings. The normalized spacial score (nSPS) is 18.6. The number of hydrogen-bond donors (Lipinski definition) is 0. The van der Waals surface area contributed by atoms with Crippen molar-refractivity contribution in [2.75, 3.05) is 0 Å². The molecule has 0 saturated heterocycles. The summed E-state index contributed by atoms with van der Waals surface area (Å²) in [7, 11) is 0. The zero-order chi connectivity index (χ0) is 46.6. The molecule has 0 radical (unpaired) electrons. The lowest BCUT2D eigenvalue weighted by Gasteiger charge is -2.19. The number of fused-ring (bicyclic) bond motifs is 6. The van der Waals surface area contributed by atoms with E-state index in [0.29, 0.717) is 0 Å². The first-order valence-corrected chi connectivity index (χ1v) is 13.1. The molecule has 0 aliphatic heterocycles. The summed E-state index contributed by atoms with van der Waals surface area (Å²) < 4.78 is 195. The van der Waals surface area contributed by atoms with E-state index in [4.69, 9.17) is 23.6 Å². The van der Waals surface area contributed by atoms with Crippen LogP contribution in [0.3, 0.4) is 0 Å². The summed E-state index contributed by atoms with van der Waals surface area (Å²) in [5.41, 5.74) is -2.86. The molecule has 1 heterocycles. The van der Waals surface area contributed by atoms with E-state index in [1.54, 1.807) is 24.3 Å². The first-order chi connectivity index (χ1) is 30.1. The second-order valence-electron chi connectivity index (χ2n) is 9.63. The highest BCUT2D eigenvalue weighted by atomic mass is 16.3. The summed E-state index contributed by atoms with van der Waals surface area (Å²) in [6.07, 6.45) is 0. The van der Waals surface area contributed by atoms with Gasteiger partial charge in [-0.2, -0.15) is 0 Å². The van der Waals surface area contributed by atoms with Crippen molar-refractivity contribution < 1.29 is 33.2 Å². The van der Waals surface area contributed by atoms with Crippen LogP contribution in [0, 0.1) is 0 Å². The summed E-state index contributed by atoms with van der Waals surface area (Å²) in [4.78, 5) is 0. The largest absolute Gasteiger partial charge is 0.456 e. The molecule has 0 amide bonds. The van der Waals surface area contributed by atoms with Gasteiger partial charge in [0, 0.05) is 10.8 Å². The number of para-hydroxylation sites is 1. The van der Waals surface area contributed by atoms with Gasteiger partial charge in [-0.25, -0.2) is 0 Å². The second-order valence-corrected chi connectivity index (χ2v) is 9.63. The lowest BCUT2D eigenvalue weighted by molar-refractivity contribution is 0.669. The summed E-state index contributed by atoms with van der Waals surface area (Å²) in [6.45, 7) is 0. The van der Waals surface area contributed by atoms with Crippen LogP contribution >= 0.6 is 0 Å². The lowest BCUT2D eigenvalue weighted by atomic mass is 9.83. The lowest BCUT2D eigenvalue weighted by Crippen LogP contribution is -1.92. The quantitative estimate of drug-likeness (QED) is 0.194. The Morgan fingerprint density at radius 1 is 0.372 bits per heavy atom. The molecule has 9 rings (SSSR count). The molecule has 0 spiro atoms. The Balaban J connectivity index is 1.67. The van der Waals surface area contributed by atoms with Crippen molar-refractivity contribution in [3.05, 3.63) is 157 Å². The molecule has 0 unspecified atom stereocenters. The predicted molar refractivity (Wildman–Crippen MR) is 183 cm³/mol. The van der Waals surface area contributed by atoms with Gasteiger partial charge in [0.25, 0.3) is 0 Å². The van der Waals surface area contributed by atoms with Crippen LogP contribution in [0.2, 0.25) is 0 Å². The number of hydrogen-bond acceptors (Lipinski definition) is 1. The molecular weight excluding hydrogens is 520 g/mol. The van der Waals surface area contributed by atoms with Gasteiger partial charge in [0.05, 0.1) is 28.8 Å². The van der Waals surface area contributed by atoms with Gasteiger partial charge in [-0.15, -0.1) is 0 Å². The minimum Gasteiger partial charge on any atom is -0.456 e. The molecule has 1 aromatic heterocycles. The zero-order valence-corrected chi connectivity index (χ0v) is 21.8. The Morgan fingerprint density at radius 3 is 1.67 bits per heavy atom. The molecular formula is C42H26O.